The minimum Gasteiger partial charge on any atom is -0.351 e. The fourth-order valence-corrected chi connectivity index (χ4v) is 2.91. The van der Waals surface area contributed by atoms with Crippen LogP contribution < -0.4 is 10.6 Å². The van der Waals surface area contributed by atoms with Crippen molar-refractivity contribution in [1.29, 1.82) is 0 Å². The van der Waals surface area contributed by atoms with Crippen LogP contribution in [0.15, 0.2) is 30.3 Å². The summed E-state index contributed by atoms with van der Waals surface area (Å²) in [5.41, 5.74) is 1.13. The number of thioether (sulfide) groups is 1. The number of benzene rings is 1. The Morgan fingerprint density at radius 1 is 1.47 bits per heavy atom. The monoisotopic (exact) mass is 250 g/mol. The van der Waals surface area contributed by atoms with Crippen LogP contribution in [0.3, 0.4) is 0 Å². The van der Waals surface area contributed by atoms with E-state index in [1.807, 2.05) is 30.3 Å². The predicted octanol–water partition coefficient (Wildman–Crippen LogP) is 1.74. The average Bonchev–Trinajstić information content (AvgIpc) is 2.67. The summed E-state index contributed by atoms with van der Waals surface area (Å²) in [5, 5.41) is 6.22. The van der Waals surface area contributed by atoms with Gasteiger partial charge in [0.1, 0.15) is 6.04 Å². The molecule has 2 rings (SSSR count). The highest BCUT2D eigenvalue weighted by Gasteiger charge is 2.39. The third-order valence-corrected chi connectivity index (χ3v) is 4.29. The zero-order chi connectivity index (χ0) is 12.3. The second-order valence-corrected chi connectivity index (χ2v) is 6.36. The van der Waals surface area contributed by atoms with Crippen molar-refractivity contribution >= 4 is 17.7 Å². The highest BCUT2D eigenvalue weighted by atomic mass is 32.2. The molecule has 17 heavy (non-hydrogen) atoms. The van der Waals surface area contributed by atoms with Crippen molar-refractivity contribution in [1.82, 2.24) is 10.6 Å². The Morgan fingerprint density at radius 3 is 2.76 bits per heavy atom. The Kier molecular flexibility index (Phi) is 3.74. The summed E-state index contributed by atoms with van der Waals surface area (Å²) < 4.78 is -0.0270. The molecule has 0 spiro atoms. The van der Waals surface area contributed by atoms with Gasteiger partial charge in [-0.1, -0.05) is 30.3 Å². The molecule has 1 aromatic carbocycles. The molecule has 92 valence electrons. The fourth-order valence-electron chi connectivity index (χ4n) is 1.94. The van der Waals surface area contributed by atoms with Crippen molar-refractivity contribution in [2.45, 2.75) is 31.2 Å². The first-order valence-corrected chi connectivity index (χ1v) is 6.77. The van der Waals surface area contributed by atoms with Crippen LogP contribution in [-0.2, 0) is 11.3 Å². The molecule has 1 atom stereocenters. The van der Waals surface area contributed by atoms with Crippen LogP contribution in [0.1, 0.15) is 19.4 Å². The standard InChI is InChI=1S/C13H18N2OS/c1-13(2)11(15-9-17-13)12(16)14-8-10-6-4-3-5-7-10/h3-7,11,15H,8-9H2,1-2H3,(H,14,16)/t11-/m1/s1. The summed E-state index contributed by atoms with van der Waals surface area (Å²) in [7, 11) is 0. The fraction of sp³-hybridized carbons (Fsp3) is 0.462. The molecule has 0 aliphatic carbocycles. The molecule has 1 aliphatic heterocycles. The molecule has 0 aromatic heterocycles. The predicted molar refractivity (Wildman–Crippen MR) is 71.7 cm³/mol. The van der Waals surface area contributed by atoms with Gasteiger partial charge in [0.25, 0.3) is 0 Å². The lowest BCUT2D eigenvalue weighted by molar-refractivity contribution is -0.123. The molecule has 2 N–H and O–H groups in total. The van der Waals surface area contributed by atoms with Crippen LogP contribution in [0.2, 0.25) is 0 Å². The second kappa shape index (κ2) is 5.10. The summed E-state index contributed by atoms with van der Waals surface area (Å²) in [5.74, 6) is 0.931. The molecule has 1 heterocycles. The maximum atomic E-state index is 12.0. The Hall–Kier alpha value is -1.00. The summed E-state index contributed by atoms with van der Waals surface area (Å²) in [4.78, 5) is 12.0. The summed E-state index contributed by atoms with van der Waals surface area (Å²) in [6.07, 6.45) is 0. The maximum Gasteiger partial charge on any atom is 0.238 e. The van der Waals surface area contributed by atoms with Crippen LogP contribution in [0.25, 0.3) is 0 Å². The van der Waals surface area contributed by atoms with E-state index in [0.717, 1.165) is 11.4 Å². The van der Waals surface area contributed by atoms with Crippen molar-refractivity contribution in [2.75, 3.05) is 5.88 Å². The van der Waals surface area contributed by atoms with Gasteiger partial charge in [0.15, 0.2) is 0 Å². The van der Waals surface area contributed by atoms with Gasteiger partial charge < -0.3 is 5.32 Å². The zero-order valence-corrected chi connectivity index (χ0v) is 11.0. The second-order valence-electron chi connectivity index (χ2n) is 4.73. The van der Waals surface area contributed by atoms with Gasteiger partial charge in [-0.3, -0.25) is 10.1 Å². The van der Waals surface area contributed by atoms with Gasteiger partial charge in [-0.25, -0.2) is 0 Å². The summed E-state index contributed by atoms with van der Waals surface area (Å²) in [6, 6.07) is 9.87. The van der Waals surface area contributed by atoms with E-state index in [0.29, 0.717) is 6.54 Å². The highest BCUT2D eigenvalue weighted by molar-refractivity contribution is 8.00. The molecule has 4 heteroatoms. The summed E-state index contributed by atoms with van der Waals surface area (Å²) in [6.45, 7) is 4.80. The molecule has 0 saturated carbocycles. The zero-order valence-electron chi connectivity index (χ0n) is 10.2. The third kappa shape index (κ3) is 3.01. The van der Waals surface area contributed by atoms with Crippen LogP contribution in [0.5, 0.6) is 0 Å². The van der Waals surface area contributed by atoms with Crippen LogP contribution >= 0.6 is 11.8 Å². The minimum atomic E-state index is -0.101. The van der Waals surface area contributed by atoms with Crippen LogP contribution in [0.4, 0.5) is 0 Å². The lowest BCUT2D eigenvalue weighted by Crippen LogP contribution is -2.49. The lowest BCUT2D eigenvalue weighted by Gasteiger charge is -2.24. The molecule has 1 saturated heterocycles. The Balaban J connectivity index is 1.90. The van der Waals surface area contributed by atoms with Crippen molar-refractivity contribution in [3.05, 3.63) is 35.9 Å². The SMILES string of the molecule is CC1(C)SCN[C@@H]1C(=O)NCc1ccccc1. The smallest absolute Gasteiger partial charge is 0.238 e. The van der Waals surface area contributed by atoms with E-state index in [-0.39, 0.29) is 16.7 Å². The Labute approximate surface area is 106 Å². The maximum absolute atomic E-state index is 12.0. The third-order valence-electron chi connectivity index (χ3n) is 3.00. The first kappa shape index (κ1) is 12.5. The number of hydrogen-bond acceptors (Lipinski definition) is 3. The number of rotatable bonds is 3. The van der Waals surface area contributed by atoms with Gasteiger partial charge in [-0.2, -0.15) is 0 Å². The van der Waals surface area contributed by atoms with Gasteiger partial charge in [0, 0.05) is 17.2 Å². The number of hydrogen-bond donors (Lipinski definition) is 2. The largest absolute Gasteiger partial charge is 0.351 e. The molecule has 1 amide bonds. The topological polar surface area (TPSA) is 41.1 Å². The van der Waals surface area contributed by atoms with Gasteiger partial charge >= 0.3 is 0 Å². The van der Waals surface area contributed by atoms with E-state index >= 15 is 0 Å². The Morgan fingerprint density at radius 2 is 2.18 bits per heavy atom. The average molecular weight is 250 g/mol. The molecular weight excluding hydrogens is 232 g/mol. The van der Waals surface area contributed by atoms with E-state index in [4.69, 9.17) is 0 Å². The molecule has 0 radical (unpaired) electrons. The highest BCUT2D eigenvalue weighted by Crippen LogP contribution is 2.32. The molecule has 1 aliphatic rings. The van der Waals surface area contributed by atoms with Crippen molar-refractivity contribution < 1.29 is 4.79 Å². The van der Waals surface area contributed by atoms with Gasteiger partial charge in [-0.15, -0.1) is 11.8 Å². The normalized spacial score (nSPS) is 22.4. The molecule has 3 nitrogen and oxygen atoms in total. The van der Waals surface area contributed by atoms with Crippen LogP contribution in [-0.4, -0.2) is 22.6 Å². The van der Waals surface area contributed by atoms with Gasteiger partial charge in [0.05, 0.1) is 0 Å². The quantitative estimate of drug-likeness (QED) is 0.858. The molecule has 1 fully saturated rings. The lowest BCUT2D eigenvalue weighted by atomic mass is 10.0. The van der Waals surface area contributed by atoms with Crippen molar-refractivity contribution in [2.24, 2.45) is 0 Å². The Bertz CT molecular complexity index is 392. The molecule has 1 aromatic rings. The minimum absolute atomic E-state index is 0.0270. The molecule has 0 bridgehead atoms. The van der Waals surface area contributed by atoms with E-state index in [1.165, 1.54) is 0 Å². The number of amides is 1. The van der Waals surface area contributed by atoms with E-state index in [1.54, 1.807) is 11.8 Å². The number of carbonyl (C=O) groups is 1. The first-order chi connectivity index (χ1) is 8.09. The molecular formula is C13H18N2OS. The van der Waals surface area contributed by atoms with Crippen molar-refractivity contribution in [3.63, 3.8) is 0 Å². The van der Waals surface area contributed by atoms with Crippen molar-refractivity contribution in [3.8, 4) is 0 Å². The van der Waals surface area contributed by atoms with Gasteiger partial charge in [-0.05, 0) is 19.4 Å². The summed E-state index contributed by atoms with van der Waals surface area (Å²) >= 11 is 1.79. The van der Waals surface area contributed by atoms with E-state index < -0.39 is 0 Å². The first-order valence-electron chi connectivity index (χ1n) is 5.78. The number of carbonyl (C=O) groups excluding carboxylic acids is 1. The van der Waals surface area contributed by atoms with E-state index in [2.05, 4.69) is 24.5 Å². The van der Waals surface area contributed by atoms with Crippen LogP contribution in [0, 0.1) is 0 Å². The molecule has 0 unspecified atom stereocenters. The van der Waals surface area contributed by atoms with Gasteiger partial charge in [0.2, 0.25) is 5.91 Å². The number of nitrogens with one attached hydrogen (secondary N) is 2. The van der Waals surface area contributed by atoms with E-state index in [9.17, 15) is 4.79 Å².